The quantitative estimate of drug-likeness (QED) is 0.793. The van der Waals surface area contributed by atoms with E-state index in [1.54, 1.807) is 13.0 Å². The smallest absolute Gasteiger partial charge is 0.278 e. The molecule has 0 saturated carbocycles. The lowest BCUT2D eigenvalue weighted by molar-refractivity contribution is 0.334. The van der Waals surface area contributed by atoms with Gasteiger partial charge in [-0.1, -0.05) is 23.2 Å². The summed E-state index contributed by atoms with van der Waals surface area (Å²) >= 11 is 18.4. The Morgan fingerprint density at radius 1 is 1.11 bits per heavy atom. The van der Waals surface area contributed by atoms with Crippen molar-refractivity contribution in [1.29, 1.82) is 0 Å². The molecule has 1 atom stereocenters. The second-order valence-electron chi connectivity index (χ2n) is 3.81. The third-order valence-corrected chi connectivity index (χ3v) is 3.63. The van der Waals surface area contributed by atoms with Gasteiger partial charge in [0.25, 0.3) is 11.8 Å². The zero-order chi connectivity index (χ0) is 14.2. The summed E-state index contributed by atoms with van der Waals surface area (Å²) in [5, 5.41) is 0.387. The Balaban J connectivity index is 2.87. The minimum atomic E-state index is -0.360. The largest absolute Gasteiger partial charge is 0.477 e. The second-order valence-corrected chi connectivity index (χ2v) is 5.25. The van der Waals surface area contributed by atoms with E-state index in [0.717, 1.165) is 0 Å². The van der Waals surface area contributed by atoms with Gasteiger partial charge in [-0.05, 0) is 13.0 Å². The summed E-state index contributed by atoms with van der Waals surface area (Å²) in [5.74, 6) is 0.550. The molecule has 0 N–H and O–H groups in total. The van der Waals surface area contributed by atoms with Gasteiger partial charge in [0.2, 0.25) is 0 Å². The number of alkyl halides is 1. The van der Waals surface area contributed by atoms with Crippen LogP contribution in [0.4, 0.5) is 0 Å². The van der Waals surface area contributed by atoms with Crippen LogP contribution in [-0.4, -0.2) is 24.2 Å². The number of halogens is 3. The molecule has 1 unspecified atom stereocenters. The number of rotatable bonds is 3. The summed E-state index contributed by atoms with van der Waals surface area (Å²) in [7, 11) is 2.97. The van der Waals surface area contributed by atoms with Gasteiger partial charge < -0.3 is 9.47 Å². The third kappa shape index (κ3) is 2.53. The van der Waals surface area contributed by atoms with Gasteiger partial charge in [-0.15, -0.1) is 11.6 Å². The zero-order valence-electron chi connectivity index (χ0n) is 10.5. The second kappa shape index (κ2) is 5.57. The molecule has 2 aromatic rings. The molecule has 19 heavy (non-hydrogen) atoms. The van der Waals surface area contributed by atoms with Gasteiger partial charge in [-0.25, -0.2) is 9.97 Å². The number of hydrogen-bond donors (Lipinski definition) is 0. The Bertz CT molecular complexity index is 632. The molecule has 0 amide bonds. The molecule has 2 rings (SSSR count). The molecule has 7 heteroatoms. The van der Waals surface area contributed by atoms with E-state index in [1.807, 2.05) is 0 Å². The van der Waals surface area contributed by atoms with Gasteiger partial charge in [0.15, 0.2) is 0 Å². The van der Waals surface area contributed by atoms with Crippen molar-refractivity contribution in [2.45, 2.75) is 12.3 Å². The van der Waals surface area contributed by atoms with Gasteiger partial charge in [0.1, 0.15) is 0 Å². The van der Waals surface area contributed by atoms with Crippen molar-refractivity contribution in [3.63, 3.8) is 0 Å². The molecular formula is C12H11Cl3N2O2. The van der Waals surface area contributed by atoms with Crippen LogP contribution in [-0.2, 0) is 0 Å². The zero-order valence-corrected chi connectivity index (χ0v) is 12.8. The normalized spacial score (nSPS) is 12.5. The summed E-state index contributed by atoms with van der Waals surface area (Å²) in [6.07, 6.45) is 0. The SMILES string of the molecule is COc1nc2cc(Cl)c(Cl)c(C(C)Cl)c2nc1OC. The predicted molar refractivity (Wildman–Crippen MR) is 76.9 cm³/mol. The molecule has 0 spiro atoms. The van der Waals surface area contributed by atoms with Crippen LogP contribution in [0, 0.1) is 0 Å². The van der Waals surface area contributed by atoms with E-state index >= 15 is 0 Å². The fourth-order valence-corrected chi connectivity index (χ4v) is 2.54. The van der Waals surface area contributed by atoms with Gasteiger partial charge in [-0.3, -0.25) is 0 Å². The highest BCUT2D eigenvalue weighted by Gasteiger charge is 2.20. The summed E-state index contributed by atoms with van der Waals surface area (Å²) in [5.41, 5.74) is 1.73. The first kappa shape index (κ1) is 14.4. The van der Waals surface area contributed by atoms with E-state index in [4.69, 9.17) is 44.3 Å². The number of nitrogens with zero attached hydrogens (tertiary/aromatic N) is 2. The molecule has 0 aliphatic heterocycles. The maximum Gasteiger partial charge on any atom is 0.278 e. The number of hydrogen-bond acceptors (Lipinski definition) is 4. The fraction of sp³-hybridized carbons (Fsp3) is 0.333. The molecule has 0 radical (unpaired) electrons. The third-order valence-electron chi connectivity index (χ3n) is 2.61. The molecule has 1 aromatic carbocycles. The van der Waals surface area contributed by atoms with E-state index in [-0.39, 0.29) is 17.1 Å². The first-order valence-electron chi connectivity index (χ1n) is 5.41. The van der Waals surface area contributed by atoms with Crippen LogP contribution < -0.4 is 9.47 Å². The molecule has 4 nitrogen and oxygen atoms in total. The van der Waals surface area contributed by atoms with E-state index in [1.165, 1.54) is 14.2 Å². The maximum absolute atomic E-state index is 6.18. The number of fused-ring (bicyclic) bond motifs is 1. The highest BCUT2D eigenvalue weighted by molar-refractivity contribution is 6.44. The first-order valence-corrected chi connectivity index (χ1v) is 6.60. The van der Waals surface area contributed by atoms with Gasteiger partial charge in [-0.2, -0.15) is 0 Å². The molecular weight excluding hydrogens is 311 g/mol. The van der Waals surface area contributed by atoms with E-state index in [0.29, 0.717) is 26.6 Å². The highest BCUT2D eigenvalue weighted by Crippen LogP contribution is 2.39. The lowest BCUT2D eigenvalue weighted by atomic mass is 10.1. The number of methoxy groups -OCH3 is 2. The molecule has 1 heterocycles. The average Bonchev–Trinajstić information content (AvgIpc) is 2.38. The summed E-state index contributed by atoms with van der Waals surface area (Å²) < 4.78 is 10.2. The first-order chi connectivity index (χ1) is 8.99. The lowest BCUT2D eigenvalue weighted by Gasteiger charge is -2.13. The molecule has 0 fully saturated rings. The molecule has 0 aliphatic carbocycles. The standard InChI is InChI=1S/C12H11Cl3N2O2/c1-5(13)8-9(15)6(14)4-7-10(8)17-12(19-3)11(16-7)18-2/h4-5H,1-3H3. The molecule has 0 bridgehead atoms. The van der Waals surface area contributed by atoms with E-state index < -0.39 is 0 Å². The Labute approximate surface area is 125 Å². The van der Waals surface area contributed by atoms with Crippen LogP contribution in [0.25, 0.3) is 11.0 Å². The number of benzene rings is 1. The molecule has 0 saturated heterocycles. The van der Waals surface area contributed by atoms with Crippen LogP contribution in [0.15, 0.2) is 6.07 Å². The molecule has 0 aliphatic rings. The number of ether oxygens (including phenoxy) is 2. The van der Waals surface area contributed by atoms with Crippen LogP contribution in [0.1, 0.15) is 17.9 Å². The minimum absolute atomic E-state index is 0.270. The monoisotopic (exact) mass is 320 g/mol. The minimum Gasteiger partial charge on any atom is -0.477 e. The Hall–Kier alpha value is -0.970. The van der Waals surface area contributed by atoms with Gasteiger partial charge >= 0.3 is 0 Å². The Morgan fingerprint density at radius 3 is 2.21 bits per heavy atom. The van der Waals surface area contributed by atoms with E-state index in [9.17, 15) is 0 Å². The average molecular weight is 322 g/mol. The van der Waals surface area contributed by atoms with Gasteiger partial charge in [0, 0.05) is 5.56 Å². The van der Waals surface area contributed by atoms with Crippen LogP contribution in [0.2, 0.25) is 10.0 Å². The van der Waals surface area contributed by atoms with Crippen molar-refractivity contribution in [1.82, 2.24) is 9.97 Å². The summed E-state index contributed by atoms with van der Waals surface area (Å²) in [4.78, 5) is 8.65. The maximum atomic E-state index is 6.18. The summed E-state index contributed by atoms with van der Waals surface area (Å²) in [6, 6.07) is 1.62. The van der Waals surface area contributed by atoms with Crippen molar-refractivity contribution in [2.24, 2.45) is 0 Å². The topological polar surface area (TPSA) is 44.2 Å². The molecule has 1 aromatic heterocycles. The van der Waals surface area contributed by atoms with Crippen molar-refractivity contribution >= 4 is 45.8 Å². The lowest BCUT2D eigenvalue weighted by Crippen LogP contribution is -2.00. The highest BCUT2D eigenvalue weighted by atomic mass is 35.5. The Morgan fingerprint density at radius 2 is 1.68 bits per heavy atom. The van der Waals surface area contributed by atoms with Crippen molar-refractivity contribution in [2.75, 3.05) is 14.2 Å². The Kier molecular flexibility index (Phi) is 4.23. The predicted octanol–water partition coefficient (Wildman–Crippen LogP) is 4.25. The summed E-state index contributed by atoms with van der Waals surface area (Å²) in [6.45, 7) is 1.79. The number of aromatic nitrogens is 2. The van der Waals surface area contributed by atoms with Crippen molar-refractivity contribution in [3.8, 4) is 11.8 Å². The van der Waals surface area contributed by atoms with Gasteiger partial charge in [0.05, 0.1) is 40.7 Å². The van der Waals surface area contributed by atoms with Crippen molar-refractivity contribution < 1.29 is 9.47 Å². The van der Waals surface area contributed by atoms with E-state index in [2.05, 4.69) is 9.97 Å². The molecule has 102 valence electrons. The van der Waals surface area contributed by atoms with Crippen molar-refractivity contribution in [3.05, 3.63) is 21.7 Å². The fourth-order valence-electron chi connectivity index (χ4n) is 1.76. The van der Waals surface area contributed by atoms with Crippen LogP contribution in [0.3, 0.4) is 0 Å². The van der Waals surface area contributed by atoms with Crippen LogP contribution in [0.5, 0.6) is 11.8 Å². The van der Waals surface area contributed by atoms with Crippen LogP contribution >= 0.6 is 34.8 Å².